The highest BCUT2D eigenvalue weighted by Gasteiger charge is 2.36. The SMILES string of the molecule is CCCNC(Cc1ccc(F)cc1)C(OC)C1CC1. The lowest BCUT2D eigenvalue weighted by Crippen LogP contribution is -2.44. The smallest absolute Gasteiger partial charge is 0.123 e. The highest BCUT2D eigenvalue weighted by molar-refractivity contribution is 5.18. The van der Waals surface area contributed by atoms with Crippen molar-refractivity contribution in [3.63, 3.8) is 0 Å². The number of methoxy groups -OCH3 is 1. The van der Waals surface area contributed by atoms with E-state index in [4.69, 9.17) is 4.74 Å². The average molecular weight is 265 g/mol. The Hall–Kier alpha value is -0.930. The molecule has 1 aromatic carbocycles. The van der Waals surface area contributed by atoms with E-state index in [0.717, 1.165) is 24.9 Å². The van der Waals surface area contributed by atoms with Crippen molar-refractivity contribution in [2.45, 2.75) is 44.8 Å². The summed E-state index contributed by atoms with van der Waals surface area (Å²) in [5.74, 6) is 0.520. The van der Waals surface area contributed by atoms with Gasteiger partial charge in [-0.3, -0.25) is 0 Å². The molecule has 3 heteroatoms. The molecular weight excluding hydrogens is 241 g/mol. The third-order valence-electron chi connectivity index (χ3n) is 3.78. The molecule has 106 valence electrons. The molecule has 0 aromatic heterocycles. The zero-order valence-electron chi connectivity index (χ0n) is 11.9. The number of benzene rings is 1. The van der Waals surface area contributed by atoms with E-state index in [9.17, 15) is 4.39 Å². The molecule has 0 amide bonds. The van der Waals surface area contributed by atoms with E-state index in [0.29, 0.717) is 12.0 Å². The number of hydrogen-bond donors (Lipinski definition) is 1. The largest absolute Gasteiger partial charge is 0.380 e. The first-order chi connectivity index (χ1) is 9.24. The van der Waals surface area contributed by atoms with Gasteiger partial charge in [-0.25, -0.2) is 4.39 Å². The fourth-order valence-electron chi connectivity index (χ4n) is 2.62. The van der Waals surface area contributed by atoms with Crippen LogP contribution in [-0.2, 0) is 11.2 Å². The number of ether oxygens (including phenoxy) is 1. The Morgan fingerprint density at radius 1 is 1.32 bits per heavy atom. The summed E-state index contributed by atoms with van der Waals surface area (Å²) in [4.78, 5) is 0. The summed E-state index contributed by atoms with van der Waals surface area (Å²) in [6.07, 6.45) is 4.82. The highest BCUT2D eigenvalue weighted by atomic mass is 19.1. The van der Waals surface area contributed by atoms with Gasteiger partial charge in [0.05, 0.1) is 6.10 Å². The van der Waals surface area contributed by atoms with Gasteiger partial charge in [-0.1, -0.05) is 19.1 Å². The first-order valence-electron chi connectivity index (χ1n) is 7.25. The van der Waals surface area contributed by atoms with Crippen molar-refractivity contribution >= 4 is 0 Å². The minimum Gasteiger partial charge on any atom is -0.380 e. The van der Waals surface area contributed by atoms with Gasteiger partial charge in [-0.15, -0.1) is 0 Å². The Morgan fingerprint density at radius 2 is 2.00 bits per heavy atom. The van der Waals surface area contributed by atoms with Crippen LogP contribution < -0.4 is 5.32 Å². The van der Waals surface area contributed by atoms with Crippen molar-refractivity contribution in [2.24, 2.45) is 5.92 Å². The van der Waals surface area contributed by atoms with E-state index >= 15 is 0 Å². The van der Waals surface area contributed by atoms with E-state index in [-0.39, 0.29) is 11.9 Å². The Labute approximate surface area is 115 Å². The Balaban J connectivity index is 2.01. The second-order valence-electron chi connectivity index (χ2n) is 5.43. The Kier molecular flexibility index (Phi) is 5.34. The molecule has 1 aliphatic rings. The van der Waals surface area contributed by atoms with Crippen LogP contribution in [0, 0.1) is 11.7 Å². The Morgan fingerprint density at radius 3 is 2.53 bits per heavy atom. The normalized spacial score (nSPS) is 18.3. The fourth-order valence-corrected chi connectivity index (χ4v) is 2.62. The van der Waals surface area contributed by atoms with Crippen LogP contribution in [0.1, 0.15) is 31.7 Å². The third-order valence-corrected chi connectivity index (χ3v) is 3.78. The molecule has 0 aliphatic heterocycles. The number of rotatable bonds is 8. The van der Waals surface area contributed by atoms with Gasteiger partial charge in [0, 0.05) is 13.2 Å². The minimum absolute atomic E-state index is 0.174. The quantitative estimate of drug-likeness (QED) is 0.779. The third kappa shape index (κ3) is 4.29. The molecular formula is C16H24FNO. The minimum atomic E-state index is -0.174. The van der Waals surface area contributed by atoms with E-state index in [2.05, 4.69) is 12.2 Å². The van der Waals surface area contributed by atoms with Crippen molar-refractivity contribution in [3.05, 3.63) is 35.6 Å². The lowest BCUT2D eigenvalue weighted by molar-refractivity contribution is 0.0511. The van der Waals surface area contributed by atoms with E-state index in [1.807, 2.05) is 12.1 Å². The van der Waals surface area contributed by atoms with Gasteiger partial charge in [0.25, 0.3) is 0 Å². The van der Waals surface area contributed by atoms with Crippen molar-refractivity contribution in [1.82, 2.24) is 5.32 Å². The molecule has 0 radical (unpaired) electrons. The van der Waals surface area contributed by atoms with Crippen LogP contribution in [0.4, 0.5) is 4.39 Å². The first-order valence-corrected chi connectivity index (χ1v) is 7.25. The number of hydrogen-bond acceptors (Lipinski definition) is 2. The molecule has 1 saturated carbocycles. The fraction of sp³-hybridized carbons (Fsp3) is 0.625. The van der Waals surface area contributed by atoms with Crippen molar-refractivity contribution in [2.75, 3.05) is 13.7 Å². The Bertz CT molecular complexity index is 375. The maximum atomic E-state index is 12.9. The summed E-state index contributed by atoms with van der Waals surface area (Å²) in [6, 6.07) is 7.13. The molecule has 2 nitrogen and oxygen atoms in total. The van der Waals surface area contributed by atoms with Gasteiger partial charge in [0.15, 0.2) is 0 Å². The predicted molar refractivity (Wildman–Crippen MR) is 75.7 cm³/mol. The molecule has 19 heavy (non-hydrogen) atoms. The number of halogens is 1. The maximum absolute atomic E-state index is 12.9. The van der Waals surface area contributed by atoms with Crippen LogP contribution in [0.5, 0.6) is 0 Å². The summed E-state index contributed by atoms with van der Waals surface area (Å²) in [5.41, 5.74) is 1.16. The van der Waals surface area contributed by atoms with Crippen LogP contribution in [-0.4, -0.2) is 25.8 Å². The van der Waals surface area contributed by atoms with Crippen LogP contribution in [0.2, 0.25) is 0 Å². The summed E-state index contributed by atoms with van der Waals surface area (Å²) >= 11 is 0. The van der Waals surface area contributed by atoms with Gasteiger partial charge < -0.3 is 10.1 Å². The van der Waals surface area contributed by atoms with Gasteiger partial charge >= 0.3 is 0 Å². The second-order valence-corrected chi connectivity index (χ2v) is 5.43. The zero-order chi connectivity index (χ0) is 13.7. The highest BCUT2D eigenvalue weighted by Crippen LogP contribution is 2.36. The van der Waals surface area contributed by atoms with E-state index in [1.54, 1.807) is 7.11 Å². The van der Waals surface area contributed by atoms with E-state index < -0.39 is 0 Å². The zero-order valence-corrected chi connectivity index (χ0v) is 11.9. The summed E-state index contributed by atoms with van der Waals surface area (Å²) in [5, 5.41) is 3.59. The summed E-state index contributed by atoms with van der Waals surface area (Å²) < 4.78 is 18.6. The number of nitrogens with one attached hydrogen (secondary N) is 1. The van der Waals surface area contributed by atoms with Gasteiger partial charge in [0.1, 0.15) is 5.82 Å². The molecule has 1 N–H and O–H groups in total. The topological polar surface area (TPSA) is 21.3 Å². The molecule has 2 rings (SSSR count). The molecule has 0 heterocycles. The molecule has 0 spiro atoms. The summed E-state index contributed by atoms with van der Waals surface area (Å²) in [7, 11) is 1.80. The molecule has 1 aliphatic carbocycles. The monoisotopic (exact) mass is 265 g/mol. The van der Waals surface area contributed by atoms with Gasteiger partial charge in [-0.2, -0.15) is 0 Å². The molecule has 0 saturated heterocycles. The van der Waals surface area contributed by atoms with Crippen LogP contribution in [0.3, 0.4) is 0 Å². The van der Waals surface area contributed by atoms with Gasteiger partial charge in [0.2, 0.25) is 0 Å². The van der Waals surface area contributed by atoms with Gasteiger partial charge in [-0.05, 0) is 55.8 Å². The molecule has 2 unspecified atom stereocenters. The van der Waals surface area contributed by atoms with Crippen molar-refractivity contribution < 1.29 is 9.13 Å². The molecule has 1 aromatic rings. The van der Waals surface area contributed by atoms with Crippen LogP contribution in [0.25, 0.3) is 0 Å². The standard InChI is InChI=1S/C16H24FNO/c1-3-10-18-15(16(19-2)13-6-7-13)11-12-4-8-14(17)9-5-12/h4-5,8-9,13,15-16,18H,3,6-7,10-11H2,1-2H3. The lowest BCUT2D eigenvalue weighted by Gasteiger charge is -2.27. The van der Waals surface area contributed by atoms with Crippen LogP contribution in [0.15, 0.2) is 24.3 Å². The average Bonchev–Trinajstić information content (AvgIpc) is 3.23. The second kappa shape index (κ2) is 7.01. The van der Waals surface area contributed by atoms with Crippen molar-refractivity contribution in [3.8, 4) is 0 Å². The first kappa shape index (κ1) is 14.5. The predicted octanol–water partition coefficient (Wildman–Crippen LogP) is 3.16. The summed E-state index contributed by atoms with van der Waals surface area (Å²) in [6.45, 7) is 3.17. The maximum Gasteiger partial charge on any atom is 0.123 e. The van der Waals surface area contributed by atoms with E-state index in [1.165, 1.54) is 25.0 Å². The van der Waals surface area contributed by atoms with Crippen LogP contribution >= 0.6 is 0 Å². The van der Waals surface area contributed by atoms with Crippen molar-refractivity contribution in [1.29, 1.82) is 0 Å². The lowest BCUT2D eigenvalue weighted by atomic mass is 9.98. The molecule has 2 atom stereocenters. The molecule has 0 bridgehead atoms. The molecule has 1 fully saturated rings.